The number of carbonyl (C=O) groups is 2. The largest absolute Gasteiger partial charge is 0.496 e. The van der Waals surface area contributed by atoms with E-state index < -0.39 is 11.8 Å². The molecule has 1 aromatic heterocycles. The number of anilines is 1. The molecule has 1 fully saturated rings. The SMILES string of the molecule is COc1ccccc1CNC(=O)C(=O)NCC(c1cccnc1)N1CCN(c2ccccc2)CC1. The van der Waals surface area contributed by atoms with Crippen molar-refractivity contribution in [3.8, 4) is 5.75 Å². The first-order valence-corrected chi connectivity index (χ1v) is 11.8. The van der Waals surface area contributed by atoms with Crippen molar-refractivity contribution >= 4 is 17.5 Å². The number of methoxy groups -OCH3 is 1. The van der Waals surface area contributed by atoms with Crippen LogP contribution in [0.5, 0.6) is 5.75 Å². The number of pyridine rings is 1. The van der Waals surface area contributed by atoms with Gasteiger partial charge in [0.15, 0.2) is 0 Å². The summed E-state index contributed by atoms with van der Waals surface area (Å²) in [4.78, 5) is 34.0. The number of carbonyl (C=O) groups excluding carboxylic acids is 2. The van der Waals surface area contributed by atoms with E-state index >= 15 is 0 Å². The van der Waals surface area contributed by atoms with Gasteiger partial charge in [-0.3, -0.25) is 19.5 Å². The van der Waals surface area contributed by atoms with Gasteiger partial charge in [-0.1, -0.05) is 42.5 Å². The minimum Gasteiger partial charge on any atom is -0.496 e. The fourth-order valence-corrected chi connectivity index (χ4v) is 4.34. The van der Waals surface area contributed by atoms with Crippen molar-refractivity contribution in [3.05, 3.63) is 90.3 Å². The van der Waals surface area contributed by atoms with Gasteiger partial charge in [0.25, 0.3) is 0 Å². The van der Waals surface area contributed by atoms with E-state index in [-0.39, 0.29) is 12.6 Å². The molecule has 8 heteroatoms. The Balaban J connectivity index is 1.35. The number of nitrogens with zero attached hydrogens (tertiary/aromatic N) is 3. The van der Waals surface area contributed by atoms with Crippen LogP contribution in [0.2, 0.25) is 0 Å². The van der Waals surface area contributed by atoms with Gasteiger partial charge in [0.05, 0.1) is 13.2 Å². The van der Waals surface area contributed by atoms with E-state index in [1.807, 2.05) is 48.7 Å². The zero-order valence-electron chi connectivity index (χ0n) is 19.9. The van der Waals surface area contributed by atoms with Crippen LogP contribution in [0, 0.1) is 0 Å². The molecular weight excluding hydrogens is 442 g/mol. The van der Waals surface area contributed by atoms with E-state index in [9.17, 15) is 9.59 Å². The Kier molecular flexibility index (Phi) is 8.30. The molecular formula is C27H31N5O3. The molecule has 1 saturated heterocycles. The fourth-order valence-electron chi connectivity index (χ4n) is 4.34. The molecule has 1 unspecified atom stereocenters. The van der Waals surface area contributed by atoms with Gasteiger partial charge in [-0.2, -0.15) is 0 Å². The Labute approximate surface area is 205 Å². The van der Waals surface area contributed by atoms with Gasteiger partial charge in [0.2, 0.25) is 0 Å². The molecule has 4 rings (SSSR count). The molecule has 2 aromatic carbocycles. The average molecular weight is 474 g/mol. The number of piperazine rings is 1. The van der Waals surface area contributed by atoms with Crippen molar-refractivity contribution in [2.24, 2.45) is 0 Å². The van der Waals surface area contributed by atoms with E-state index in [2.05, 4.69) is 49.7 Å². The van der Waals surface area contributed by atoms with Gasteiger partial charge in [-0.15, -0.1) is 0 Å². The number of hydrogen-bond acceptors (Lipinski definition) is 6. The van der Waals surface area contributed by atoms with Crippen molar-refractivity contribution in [1.29, 1.82) is 0 Å². The van der Waals surface area contributed by atoms with Crippen molar-refractivity contribution in [2.45, 2.75) is 12.6 Å². The van der Waals surface area contributed by atoms with Crippen LogP contribution in [0.25, 0.3) is 0 Å². The minimum absolute atomic E-state index is 0.0763. The number of hydrogen-bond donors (Lipinski definition) is 2. The summed E-state index contributed by atoms with van der Waals surface area (Å²) in [5, 5.41) is 5.50. The summed E-state index contributed by atoms with van der Waals surface area (Å²) in [6.07, 6.45) is 3.56. The van der Waals surface area contributed by atoms with Crippen LogP contribution < -0.4 is 20.3 Å². The lowest BCUT2D eigenvalue weighted by Gasteiger charge is -2.40. The highest BCUT2D eigenvalue weighted by Crippen LogP contribution is 2.23. The second kappa shape index (κ2) is 12.0. The molecule has 0 bridgehead atoms. The molecule has 0 radical (unpaired) electrons. The molecule has 2 amide bonds. The van der Waals surface area contributed by atoms with Crippen molar-refractivity contribution < 1.29 is 14.3 Å². The molecule has 3 aromatic rings. The molecule has 0 spiro atoms. The van der Waals surface area contributed by atoms with Gasteiger partial charge < -0.3 is 20.3 Å². The van der Waals surface area contributed by atoms with Crippen LogP contribution in [0.3, 0.4) is 0 Å². The lowest BCUT2D eigenvalue weighted by molar-refractivity contribution is -0.139. The molecule has 1 atom stereocenters. The van der Waals surface area contributed by atoms with E-state index in [1.165, 1.54) is 5.69 Å². The lowest BCUT2D eigenvalue weighted by atomic mass is 10.1. The van der Waals surface area contributed by atoms with Crippen LogP contribution in [0.15, 0.2) is 79.1 Å². The second-order valence-electron chi connectivity index (χ2n) is 8.37. The summed E-state index contributed by atoms with van der Waals surface area (Å²) >= 11 is 0. The average Bonchev–Trinajstić information content (AvgIpc) is 2.93. The number of para-hydroxylation sites is 2. The van der Waals surface area contributed by atoms with Crippen LogP contribution in [-0.2, 0) is 16.1 Å². The maximum atomic E-state index is 12.6. The van der Waals surface area contributed by atoms with E-state index in [0.29, 0.717) is 12.3 Å². The number of aromatic nitrogens is 1. The molecule has 1 aliphatic heterocycles. The first-order valence-electron chi connectivity index (χ1n) is 11.8. The quantitative estimate of drug-likeness (QED) is 0.489. The molecule has 2 N–H and O–H groups in total. The predicted octanol–water partition coefficient (Wildman–Crippen LogP) is 2.39. The van der Waals surface area contributed by atoms with Crippen LogP contribution in [0.1, 0.15) is 17.2 Å². The Hall–Kier alpha value is -3.91. The number of rotatable bonds is 8. The van der Waals surface area contributed by atoms with E-state index in [0.717, 1.165) is 37.3 Å². The maximum absolute atomic E-state index is 12.6. The molecule has 8 nitrogen and oxygen atoms in total. The third kappa shape index (κ3) is 6.36. The van der Waals surface area contributed by atoms with Gasteiger partial charge in [0.1, 0.15) is 5.75 Å². The Morgan fingerprint density at radius 1 is 0.914 bits per heavy atom. The predicted molar refractivity (Wildman–Crippen MR) is 135 cm³/mol. The number of ether oxygens (including phenoxy) is 1. The normalized spacial score (nSPS) is 14.7. The minimum atomic E-state index is -0.672. The van der Waals surface area contributed by atoms with Gasteiger partial charge >= 0.3 is 11.8 Å². The van der Waals surface area contributed by atoms with Crippen molar-refractivity contribution in [3.63, 3.8) is 0 Å². The summed E-state index contributed by atoms with van der Waals surface area (Å²) in [7, 11) is 1.58. The Morgan fingerprint density at radius 3 is 2.34 bits per heavy atom. The topological polar surface area (TPSA) is 86.8 Å². The molecule has 35 heavy (non-hydrogen) atoms. The van der Waals surface area contributed by atoms with Crippen LogP contribution in [0.4, 0.5) is 5.69 Å². The van der Waals surface area contributed by atoms with Crippen molar-refractivity contribution in [2.75, 3.05) is 44.7 Å². The lowest BCUT2D eigenvalue weighted by Crippen LogP contribution is -2.50. The second-order valence-corrected chi connectivity index (χ2v) is 8.37. The van der Waals surface area contributed by atoms with E-state index in [1.54, 1.807) is 13.3 Å². The first kappa shape index (κ1) is 24.2. The smallest absolute Gasteiger partial charge is 0.309 e. The molecule has 0 saturated carbocycles. The zero-order chi connectivity index (χ0) is 24.5. The standard InChI is InChI=1S/C27H31N5O3/c1-35-25-12-6-5-8-22(25)19-29-26(33)27(34)30-20-24(21-9-7-13-28-18-21)32-16-14-31(15-17-32)23-10-3-2-4-11-23/h2-13,18,24H,14-17,19-20H2,1H3,(H,29,33)(H,30,34). The number of benzene rings is 2. The summed E-state index contributed by atoms with van der Waals surface area (Å²) in [5.74, 6) is -0.661. The Morgan fingerprint density at radius 2 is 1.63 bits per heavy atom. The molecule has 1 aliphatic rings. The zero-order valence-corrected chi connectivity index (χ0v) is 19.9. The highest BCUT2D eigenvalue weighted by atomic mass is 16.5. The third-order valence-corrected chi connectivity index (χ3v) is 6.24. The Bertz CT molecular complexity index is 1100. The third-order valence-electron chi connectivity index (χ3n) is 6.24. The fraction of sp³-hybridized carbons (Fsp3) is 0.296. The summed E-state index contributed by atoms with van der Waals surface area (Å²) in [6, 6.07) is 21.6. The van der Waals surface area contributed by atoms with Crippen LogP contribution in [-0.4, -0.2) is 61.5 Å². The highest BCUT2D eigenvalue weighted by Gasteiger charge is 2.26. The van der Waals surface area contributed by atoms with Crippen molar-refractivity contribution in [1.82, 2.24) is 20.5 Å². The monoisotopic (exact) mass is 473 g/mol. The summed E-state index contributed by atoms with van der Waals surface area (Å²) in [6.45, 7) is 3.97. The molecule has 2 heterocycles. The highest BCUT2D eigenvalue weighted by molar-refractivity contribution is 6.35. The molecule has 0 aliphatic carbocycles. The van der Waals surface area contributed by atoms with Gasteiger partial charge in [-0.05, 0) is 29.8 Å². The molecule has 182 valence electrons. The number of amides is 2. The summed E-state index contributed by atoms with van der Waals surface area (Å²) < 4.78 is 5.30. The van der Waals surface area contributed by atoms with Crippen LogP contribution >= 0.6 is 0 Å². The van der Waals surface area contributed by atoms with Gasteiger partial charge in [-0.25, -0.2) is 0 Å². The van der Waals surface area contributed by atoms with Gasteiger partial charge in [0, 0.05) is 62.9 Å². The number of nitrogens with one attached hydrogen (secondary N) is 2. The maximum Gasteiger partial charge on any atom is 0.309 e. The summed E-state index contributed by atoms with van der Waals surface area (Å²) in [5.41, 5.74) is 3.03. The van der Waals surface area contributed by atoms with E-state index in [4.69, 9.17) is 4.74 Å². The first-order chi connectivity index (χ1) is 17.2.